The quantitative estimate of drug-likeness (QED) is 0.829. The second-order valence-electron chi connectivity index (χ2n) is 4.82. The van der Waals surface area contributed by atoms with Crippen molar-refractivity contribution in [3.05, 3.63) is 70.2 Å². The maximum Gasteiger partial charge on any atom is 0.0626 e. The van der Waals surface area contributed by atoms with Gasteiger partial charge in [-0.2, -0.15) is 0 Å². The average molecular weight is 334 g/mol. The van der Waals surface area contributed by atoms with Gasteiger partial charge in [0.15, 0.2) is 0 Å². The van der Waals surface area contributed by atoms with Crippen molar-refractivity contribution in [3.63, 3.8) is 0 Å². The molecule has 2 rings (SSSR count). The van der Waals surface area contributed by atoms with Crippen molar-refractivity contribution in [2.75, 3.05) is 6.61 Å². The predicted octanol–water partition coefficient (Wildman–Crippen LogP) is 4.22. The number of halogens is 1. The number of rotatable bonds is 6. The zero-order valence-corrected chi connectivity index (χ0v) is 13.2. The lowest BCUT2D eigenvalue weighted by atomic mass is 10.0. The van der Waals surface area contributed by atoms with Crippen molar-refractivity contribution in [2.45, 2.75) is 25.4 Å². The number of benzene rings is 2. The fourth-order valence-electron chi connectivity index (χ4n) is 2.33. The molecule has 3 heteroatoms. The van der Waals surface area contributed by atoms with Crippen LogP contribution in [0.1, 0.15) is 36.6 Å². The Morgan fingerprint density at radius 3 is 2.10 bits per heavy atom. The van der Waals surface area contributed by atoms with Crippen molar-refractivity contribution < 1.29 is 5.11 Å². The highest BCUT2D eigenvalue weighted by Gasteiger charge is 2.16. The second-order valence-corrected chi connectivity index (χ2v) is 5.74. The molecule has 2 atom stereocenters. The van der Waals surface area contributed by atoms with E-state index in [1.165, 1.54) is 5.56 Å². The number of hydrogen-bond donors (Lipinski definition) is 2. The Kier molecular flexibility index (Phi) is 5.77. The van der Waals surface area contributed by atoms with Crippen LogP contribution in [0.25, 0.3) is 0 Å². The molecule has 0 saturated carbocycles. The standard InChI is InChI=1S/C17H20BrNO/c1-2-16(14-8-10-15(18)11-9-14)19-17(12-20)13-6-4-3-5-7-13/h3-11,16-17,19-20H,2,12H2,1H3. The Labute approximate surface area is 129 Å². The molecule has 0 spiro atoms. The normalized spacial score (nSPS) is 13.9. The van der Waals surface area contributed by atoms with Gasteiger partial charge in [-0.15, -0.1) is 0 Å². The molecule has 0 aromatic heterocycles. The molecule has 2 nitrogen and oxygen atoms in total. The molecule has 0 heterocycles. The topological polar surface area (TPSA) is 32.3 Å². The number of hydrogen-bond acceptors (Lipinski definition) is 2. The molecule has 2 aromatic rings. The van der Waals surface area contributed by atoms with E-state index in [1.54, 1.807) is 0 Å². The summed E-state index contributed by atoms with van der Waals surface area (Å²) in [5.74, 6) is 0. The Hall–Kier alpha value is -1.16. The third kappa shape index (κ3) is 3.92. The number of nitrogens with one attached hydrogen (secondary N) is 1. The van der Waals surface area contributed by atoms with Crippen LogP contribution < -0.4 is 5.32 Å². The van der Waals surface area contributed by atoms with E-state index in [1.807, 2.05) is 30.3 Å². The second kappa shape index (κ2) is 7.58. The fourth-order valence-corrected chi connectivity index (χ4v) is 2.59. The van der Waals surface area contributed by atoms with Crippen molar-refractivity contribution in [2.24, 2.45) is 0 Å². The summed E-state index contributed by atoms with van der Waals surface area (Å²) in [4.78, 5) is 0. The minimum atomic E-state index is -0.0372. The van der Waals surface area contributed by atoms with Crippen molar-refractivity contribution in [3.8, 4) is 0 Å². The lowest BCUT2D eigenvalue weighted by Crippen LogP contribution is -2.28. The van der Waals surface area contributed by atoms with Crippen molar-refractivity contribution in [1.82, 2.24) is 5.32 Å². The molecule has 106 valence electrons. The third-order valence-electron chi connectivity index (χ3n) is 3.47. The molecule has 20 heavy (non-hydrogen) atoms. The van der Waals surface area contributed by atoms with Gasteiger partial charge < -0.3 is 10.4 Å². The van der Waals surface area contributed by atoms with Crippen LogP contribution in [-0.2, 0) is 0 Å². The van der Waals surface area contributed by atoms with Gasteiger partial charge >= 0.3 is 0 Å². The van der Waals surface area contributed by atoms with Gasteiger partial charge in [-0.05, 0) is 29.7 Å². The van der Waals surface area contributed by atoms with E-state index in [4.69, 9.17) is 0 Å². The molecule has 0 bridgehead atoms. The summed E-state index contributed by atoms with van der Waals surface area (Å²) < 4.78 is 1.08. The molecule has 0 aliphatic heterocycles. The van der Waals surface area contributed by atoms with E-state index in [2.05, 4.69) is 52.4 Å². The summed E-state index contributed by atoms with van der Waals surface area (Å²) in [6.45, 7) is 2.25. The smallest absolute Gasteiger partial charge is 0.0626 e. The summed E-state index contributed by atoms with van der Waals surface area (Å²) in [7, 11) is 0. The minimum Gasteiger partial charge on any atom is -0.394 e. The highest BCUT2D eigenvalue weighted by atomic mass is 79.9. The molecule has 2 N–H and O–H groups in total. The van der Waals surface area contributed by atoms with Crippen molar-refractivity contribution in [1.29, 1.82) is 0 Å². The van der Waals surface area contributed by atoms with Crippen LogP contribution in [0, 0.1) is 0 Å². The van der Waals surface area contributed by atoms with Gasteiger partial charge in [0.25, 0.3) is 0 Å². The minimum absolute atomic E-state index is 0.0372. The van der Waals surface area contributed by atoms with Crippen LogP contribution in [0.2, 0.25) is 0 Å². The molecule has 0 aliphatic carbocycles. The Balaban J connectivity index is 2.14. The summed E-state index contributed by atoms with van der Waals surface area (Å²) in [6.07, 6.45) is 0.977. The molecule has 0 fully saturated rings. The first kappa shape index (κ1) is 15.2. The molecule has 0 amide bonds. The van der Waals surface area contributed by atoms with E-state index in [0.717, 1.165) is 16.5 Å². The monoisotopic (exact) mass is 333 g/mol. The van der Waals surface area contributed by atoms with Crippen LogP contribution >= 0.6 is 15.9 Å². The van der Waals surface area contributed by atoms with Gasteiger partial charge in [-0.1, -0.05) is 65.3 Å². The molecular formula is C17H20BrNO. The first-order valence-corrected chi connectivity index (χ1v) is 7.71. The molecule has 0 saturated heterocycles. The Morgan fingerprint density at radius 2 is 1.55 bits per heavy atom. The summed E-state index contributed by atoms with van der Waals surface area (Å²) in [5.41, 5.74) is 2.36. The zero-order valence-electron chi connectivity index (χ0n) is 11.6. The maximum atomic E-state index is 9.64. The first-order valence-electron chi connectivity index (χ1n) is 6.92. The SMILES string of the molecule is CCC(NC(CO)c1ccccc1)c1ccc(Br)cc1. The van der Waals surface area contributed by atoms with Crippen LogP contribution in [0.5, 0.6) is 0 Å². The van der Waals surface area contributed by atoms with Crippen LogP contribution in [0.4, 0.5) is 0 Å². The molecule has 0 radical (unpaired) electrons. The lowest BCUT2D eigenvalue weighted by Gasteiger charge is -2.24. The first-order chi connectivity index (χ1) is 9.74. The molecular weight excluding hydrogens is 314 g/mol. The van der Waals surface area contributed by atoms with Crippen LogP contribution in [0.15, 0.2) is 59.1 Å². The van der Waals surface area contributed by atoms with Crippen LogP contribution in [0.3, 0.4) is 0 Å². The van der Waals surface area contributed by atoms with E-state index in [0.29, 0.717) is 0 Å². The Morgan fingerprint density at radius 1 is 0.950 bits per heavy atom. The third-order valence-corrected chi connectivity index (χ3v) is 4.00. The highest BCUT2D eigenvalue weighted by molar-refractivity contribution is 9.10. The van der Waals surface area contributed by atoms with Gasteiger partial charge in [0.1, 0.15) is 0 Å². The van der Waals surface area contributed by atoms with Crippen molar-refractivity contribution >= 4 is 15.9 Å². The summed E-state index contributed by atoms with van der Waals surface area (Å²) in [5, 5.41) is 13.2. The van der Waals surface area contributed by atoms with E-state index in [-0.39, 0.29) is 18.7 Å². The average Bonchev–Trinajstić information content (AvgIpc) is 2.51. The fraction of sp³-hybridized carbons (Fsp3) is 0.294. The highest BCUT2D eigenvalue weighted by Crippen LogP contribution is 2.23. The van der Waals surface area contributed by atoms with E-state index >= 15 is 0 Å². The Bertz CT molecular complexity index is 512. The molecule has 2 unspecified atom stereocenters. The lowest BCUT2D eigenvalue weighted by molar-refractivity contribution is 0.232. The molecule has 2 aromatic carbocycles. The summed E-state index contributed by atoms with van der Waals surface area (Å²) >= 11 is 3.46. The van der Waals surface area contributed by atoms with Gasteiger partial charge in [0.05, 0.1) is 12.6 Å². The number of aliphatic hydroxyl groups excluding tert-OH is 1. The van der Waals surface area contributed by atoms with E-state index < -0.39 is 0 Å². The van der Waals surface area contributed by atoms with E-state index in [9.17, 15) is 5.11 Å². The zero-order chi connectivity index (χ0) is 14.4. The largest absolute Gasteiger partial charge is 0.394 e. The van der Waals surface area contributed by atoms with Gasteiger partial charge in [0, 0.05) is 10.5 Å². The summed E-state index contributed by atoms with van der Waals surface area (Å²) in [6, 6.07) is 18.6. The maximum absolute atomic E-state index is 9.64. The number of aliphatic hydroxyl groups is 1. The predicted molar refractivity (Wildman–Crippen MR) is 86.6 cm³/mol. The van der Waals surface area contributed by atoms with Crippen LogP contribution in [-0.4, -0.2) is 11.7 Å². The molecule has 0 aliphatic rings. The van der Waals surface area contributed by atoms with Gasteiger partial charge in [-0.25, -0.2) is 0 Å². The van der Waals surface area contributed by atoms with Gasteiger partial charge in [0.2, 0.25) is 0 Å². The van der Waals surface area contributed by atoms with Gasteiger partial charge in [-0.3, -0.25) is 0 Å².